The number of nitrogens with one attached hydrogen (secondary N) is 2. The minimum atomic E-state index is -4.48. The predicted molar refractivity (Wildman–Crippen MR) is 72.8 cm³/mol. The summed E-state index contributed by atoms with van der Waals surface area (Å²) in [6.45, 7) is 5.16. The van der Waals surface area contributed by atoms with Crippen molar-refractivity contribution in [1.29, 1.82) is 0 Å². The number of carbonyl (C=O) groups excluding carboxylic acids is 1. The van der Waals surface area contributed by atoms with Crippen LogP contribution in [0.25, 0.3) is 0 Å². The maximum Gasteiger partial charge on any atom is 0.434 e. The lowest BCUT2D eigenvalue weighted by atomic mass is 9.93. The lowest BCUT2D eigenvalue weighted by Crippen LogP contribution is -2.47. The smallest absolute Gasteiger partial charge is 0.388 e. The normalized spacial score (nSPS) is 14.9. The van der Waals surface area contributed by atoms with Gasteiger partial charge in [-0.2, -0.15) is 13.2 Å². The standard InChI is InChI=1S/C12H18F3N3O2S/c1-7(2)11(3,20)6-17-10(19)16-4-9-18-8(5-21-9)12(13,14)15/h5,7,20H,4,6H2,1-3H3,(H2,16,17,19). The Bertz CT molecular complexity index is 486. The average molecular weight is 325 g/mol. The first-order valence-corrected chi connectivity index (χ1v) is 7.16. The quantitative estimate of drug-likeness (QED) is 0.778. The van der Waals surface area contributed by atoms with Crippen LogP contribution in [-0.2, 0) is 12.7 Å². The van der Waals surface area contributed by atoms with E-state index in [2.05, 4.69) is 15.6 Å². The first kappa shape index (κ1) is 17.7. The average Bonchev–Trinajstić information content (AvgIpc) is 2.82. The molecule has 21 heavy (non-hydrogen) atoms. The van der Waals surface area contributed by atoms with Crippen LogP contribution in [0.3, 0.4) is 0 Å². The highest BCUT2D eigenvalue weighted by Gasteiger charge is 2.33. The van der Waals surface area contributed by atoms with Gasteiger partial charge in [-0.3, -0.25) is 0 Å². The molecular weight excluding hydrogens is 307 g/mol. The molecule has 0 spiro atoms. The number of halogens is 3. The number of amides is 2. The van der Waals surface area contributed by atoms with Crippen LogP contribution in [0.5, 0.6) is 0 Å². The summed E-state index contributed by atoms with van der Waals surface area (Å²) in [7, 11) is 0. The van der Waals surface area contributed by atoms with Crippen LogP contribution >= 0.6 is 11.3 Å². The van der Waals surface area contributed by atoms with E-state index in [0.717, 1.165) is 16.7 Å². The van der Waals surface area contributed by atoms with E-state index in [4.69, 9.17) is 0 Å². The van der Waals surface area contributed by atoms with Crippen LogP contribution in [0.2, 0.25) is 0 Å². The Morgan fingerprint density at radius 1 is 1.43 bits per heavy atom. The van der Waals surface area contributed by atoms with Crippen LogP contribution in [0, 0.1) is 5.92 Å². The summed E-state index contributed by atoms with van der Waals surface area (Å²) < 4.78 is 37.0. The molecular formula is C12H18F3N3O2S. The number of rotatable bonds is 5. The summed E-state index contributed by atoms with van der Waals surface area (Å²) >= 11 is 0.824. The predicted octanol–water partition coefficient (Wildman–Crippen LogP) is 2.37. The molecule has 1 aromatic rings. The van der Waals surface area contributed by atoms with E-state index >= 15 is 0 Å². The Balaban J connectivity index is 2.42. The van der Waals surface area contributed by atoms with Gasteiger partial charge in [-0.15, -0.1) is 11.3 Å². The van der Waals surface area contributed by atoms with Crippen LogP contribution in [0.1, 0.15) is 31.5 Å². The van der Waals surface area contributed by atoms with Gasteiger partial charge in [0.2, 0.25) is 0 Å². The third kappa shape index (κ3) is 5.50. The van der Waals surface area contributed by atoms with E-state index in [-0.39, 0.29) is 24.0 Å². The Morgan fingerprint density at radius 3 is 2.52 bits per heavy atom. The molecule has 1 atom stereocenters. The number of alkyl halides is 3. The molecule has 1 heterocycles. The molecule has 0 saturated heterocycles. The fourth-order valence-corrected chi connectivity index (χ4v) is 1.94. The second-order valence-corrected chi connectivity index (χ2v) is 6.12. The fourth-order valence-electron chi connectivity index (χ4n) is 1.20. The van der Waals surface area contributed by atoms with Crippen molar-refractivity contribution in [2.24, 2.45) is 5.92 Å². The number of hydrogen-bond acceptors (Lipinski definition) is 4. The number of carbonyl (C=O) groups is 1. The number of nitrogens with zero attached hydrogens (tertiary/aromatic N) is 1. The van der Waals surface area contributed by atoms with E-state index < -0.39 is 23.5 Å². The van der Waals surface area contributed by atoms with Crippen molar-refractivity contribution >= 4 is 17.4 Å². The van der Waals surface area contributed by atoms with Gasteiger partial charge in [-0.1, -0.05) is 13.8 Å². The van der Waals surface area contributed by atoms with E-state index in [0.29, 0.717) is 0 Å². The second-order valence-electron chi connectivity index (χ2n) is 5.17. The zero-order valence-electron chi connectivity index (χ0n) is 11.9. The van der Waals surface area contributed by atoms with E-state index in [9.17, 15) is 23.1 Å². The van der Waals surface area contributed by atoms with E-state index in [1.165, 1.54) is 0 Å². The molecule has 0 fully saturated rings. The van der Waals surface area contributed by atoms with Gasteiger partial charge >= 0.3 is 12.2 Å². The van der Waals surface area contributed by atoms with Gasteiger partial charge in [0.1, 0.15) is 5.01 Å². The molecule has 1 rings (SSSR count). The van der Waals surface area contributed by atoms with Crippen molar-refractivity contribution in [3.05, 3.63) is 16.1 Å². The van der Waals surface area contributed by atoms with Gasteiger partial charge in [-0.05, 0) is 12.8 Å². The molecule has 0 aliphatic rings. The van der Waals surface area contributed by atoms with Gasteiger partial charge < -0.3 is 15.7 Å². The Labute approximate surface area is 124 Å². The minimum Gasteiger partial charge on any atom is -0.388 e. The van der Waals surface area contributed by atoms with Crippen LogP contribution in [0.4, 0.5) is 18.0 Å². The van der Waals surface area contributed by atoms with Crippen LogP contribution in [-0.4, -0.2) is 28.3 Å². The molecule has 5 nitrogen and oxygen atoms in total. The SMILES string of the molecule is CC(C)C(C)(O)CNC(=O)NCc1nc(C(F)(F)F)cs1. The lowest BCUT2D eigenvalue weighted by molar-refractivity contribution is -0.140. The van der Waals surface area contributed by atoms with Crippen LogP contribution in [0.15, 0.2) is 5.38 Å². The largest absolute Gasteiger partial charge is 0.434 e. The van der Waals surface area contributed by atoms with Crippen molar-refractivity contribution in [2.75, 3.05) is 6.54 Å². The highest BCUT2D eigenvalue weighted by Crippen LogP contribution is 2.29. The molecule has 120 valence electrons. The molecule has 0 bridgehead atoms. The zero-order chi connectivity index (χ0) is 16.3. The van der Waals surface area contributed by atoms with Crippen LogP contribution < -0.4 is 10.6 Å². The topological polar surface area (TPSA) is 74.2 Å². The third-order valence-electron chi connectivity index (χ3n) is 3.09. The highest BCUT2D eigenvalue weighted by molar-refractivity contribution is 7.09. The molecule has 0 saturated carbocycles. The minimum absolute atomic E-state index is 0.0438. The van der Waals surface area contributed by atoms with E-state index in [1.807, 2.05) is 13.8 Å². The second kappa shape index (κ2) is 6.61. The Kier molecular flexibility index (Phi) is 5.57. The summed E-state index contributed by atoms with van der Waals surface area (Å²) in [5, 5.41) is 15.9. The maximum atomic E-state index is 12.3. The number of hydrogen-bond donors (Lipinski definition) is 3. The Hall–Kier alpha value is -1.35. The lowest BCUT2D eigenvalue weighted by Gasteiger charge is -2.27. The van der Waals surface area contributed by atoms with Gasteiger partial charge in [0.15, 0.2) is 5.69 Å². The molecule has 0 aliphatic heterocycles. The monoisotopic (exact) mass is 325 g/mol. The van der Waals surface area contributed by atoms with Gasteiger partial charge in [0.25, 0.3) is 0 Å². The Morgan fingerprint density at radius 2 is 2.05 bits per heavy atom. The van der Waals surface area contributed by atoms with Gasteiger partial charge in [-0.25, -0.2) is 9.78 Å². The van der Waals surface area contributed by atoms with E-state index in [1.54, 1.807) is 6.92 Å². The number of thiazole rings is 1. The zero-order valence-corrected chi connectivity index (χ0v) is 12.7. The number of aliphatic hydroxyl groups is 1. The van der Waals surface area contributed by atoms with Crippen molar-refractivity contribution in [3.63, 3.8) is 0 Å². The summed E-state index contributed by atoms with van der Waals surface area (Å²) in [5.74, 6) is -0.0499. The molecule has 2 amide bonds. The van der Waals surface area contributed by atoms with Gasteiger partial charge in [0.05, 0.1) is 12.1 Å². The highest BCUT2D eigenvalue weighted by atomic mass is 32.1. The third-order valence-corrected chi connectivity index (χ3v) is 3.94. The molecule has 9 heteroatoms. The summed E-state index contributed by atoms with van der Waals surface area (Å²) in [6, 6.07) is -0.570. The van der Waals surface area contributed by atoms with Crippen molar-refractivity contribution in [3.8, 4) is 0 Å². The van der Waals surface area contributed by atoms with Gasteiger partial charge in [0, 0.05) is 11.9 Å². The summed E-state index contributed by atoms with van der Waals surface area (Å²) in [6.07, 6.45) is -4.48. The molecule has 0 aliphatic carbocycles. The molecule has 1 aromatic heterocycles. The summed E-state index contributed by atoms with van der Waals surface area (Å²) in [4.78, 5) is 14.9. The fraction of sp³-hybridized carbons (Fsp3) is 0.667. The molecule has 3 N–H and O–H groups in total. The summed E-state index contributed by atoms with van der Waals surface area (Å²) in [5.41, 5.74) is -2.02. The number of urea groups is 1. The van der Waals surface area contributed by atoms with Crippen molar-refractivity contribution in [2.45, 2.75) is 39.1 Å². The number of aromatic nitrogens is 1. The molecule has 0 aromatic carbocycles. The maximum absolute atomic E-state index is 12.3. The molecule has 0 radical (unpaired) electrons. The first-order chi connectivity index (χ1) is 9.52. The van der Waals surface area contributed by atoms with Crippen molar-refractivity contribution < 1.29 is 23.1 Å². The van der Waals surface area contributed by atoms with Crippen molar-refractivity contribution in [1.82, 2.24) is 15.6 Å². The first-order valence-electron chi connectivity index (χ1n) is 6.28. The molecule has 1 unspecified atom stereocenters.